The van der Waals surface area contributed by atoms with Gasteiger partial charge in [-0.1, -0.05) is 72.8 Å². The van der Waals surface area contributed by atoms with E-state index < -0.39 is 0 Å². The Morgan fingerprint density at radius 2 is 1.56 bits per heavy atom. The molecule has 0 aliphatic heterocycles. The summed E-state index contributed by atoms with van der Waals surface area (Å²) in [5.41, 5.74) is 4.50. The van der Waals surface area contributed by atoms with E-state index in [2.05, 4.69) is 0 Å². The minimum absolute atomic E-state index is 0.0404. The van der Waals surface area contributed by atoms with Crippen LogP contribution in [0.2, 0.25) is 0 Å². The maximum atomic E-state index is 12.9. The highest BCUT2D eigenvalue weighted by Crippen LogP contribution is 2.21. The molecule has 3 aromatic carbocycles. The van der Waals surface area contributed by atoms with Crippen LogP contribution in [0.15, 0.2) is 72.8 Å². The van der Waals surface area contributed by atoms with Gasteiger partial charge in [0.15, 0.2) is 5.78 Å². The average molecular weight is 328 g/mol. The van der Waals surface area contributed by atoms with Crippen molar-refractivity contribution in [2.75, 3.05) is 7.11 Å². The summed E-state index contributed by atoms with van der Waals surface area (Å²) in [5, 5.41) is 0. The number of hydrogen-bond donors (Lipinski definition) is 0. The summed E-state index contributed by atoms with van der Waals surface area (Å²) >= 11 is 0. The Morgan fingerprint density at radius 1 is 0.840 bits per heavy atom. The van der Waals surface area contributed by atoms with Gasteiger partial charge in [-0.25, -0.2) is 0 Å². The van der Waals surface area contributed by atoms with E-state index in [0.717, 1.165) is 28.0 Å². The first-order valence-electron chi connectivity index (χ1n) is 8.20. The van der Waals surface area contributed by atoms with Crippen LogP contribution in [0.5, 0.6) is 5.75 Å². The molecule has 3 rings (SSSR count). The second-order valence-electron chi connectivity index (χ2n) is 5.84. The molecule has 0 aromatic heterocycles. The van der Waals surface area contributed by atoms with E-state index in [1.54, 1.807) is 7.11 Å². The van der Waals surface area contributed by atoms with Crippen molar-refractivity contribution in [3.05, 3.63) is 101 Å². The van der Waals surface area contributed by atoms with Crippen LogP contribution >= 0.6 is 0 Å². The van der Waals surface area contributed by atoms with Gasteiger partial charge in [0, 0.05) is 11.1 Å². The van der Waals surface area contributed by atoms with Crippen LogP contribution in [0.25, 0.3) is 12.2 Å². The van der Waals surface area contributed by atoms with Gasteiger partial charge in [-0.05, 0) is 35.7 Å². The predicted octanol–water partition coefficient (Wildman–Crippen LogP) is 5.41. The summed E-state index contributed by atoms with van der Waals surface area (Å²) in [6.45, 7) is 2.02. The number of carbonyl (C=O) groups excluding carboxylic acids is 1. The molecule has 0 N–H and O–H groups in total. The highest BCUT2D eigenvalue weighted by atomic mass is 16.5. The van der Waals surface area contributed by atoms with Crippen LogP contribution in [0, 0.1) is 6.92 Å². The number of hydrogen-bond acceptors (Lipinski definition) is 2. The monoisotopic (exact) mass is 328 g/mol. The summed E-state index contributed by atoms with van der Waals surface area (Å²) in [6.07, 6.45) is 4.02. The van der Waals surface area contributed by atoms with E-state index in [9.17, 15) is 4.79 Å². The lowest BCUT2D eigenvalue weighted by molar-refractivity contribution is 0.103. The first kappa shape index (κ1) is 16.7. The minimum atomic E-state index is 0.0404. The summed E-state index contributed by atoms with van der Waals surface area (Å²) in [7, 11) is 1.65. The lowest BCUT2D eigenvalue weighted by Crippen LogP contribution is -2.04. The fourth-order valence-electron chi connectivity index (χ4n) is 2.74. The van der Waals surface area contributed by atoms with Gasteiger partial charge in [0.2, 0.25) is 0 Å². The first-order chi connectivity index (χ1) is 12.2. The third kappa shape index (κ3) is 3.86. The van der Waals surface area contributed by atoms with Crippen LogP contribution in [-0.2, 0) is 0 Å². The van der Waals surface area contributed by atoms with Gasteiger partial charge in [0.25, 0.3) is 0 Å². The van der Waals surface area contributed by atoms with E-state index in [4.69, 9.17) is 4.74 Å². The number of methoxy groups -OCH3 is 1. The molecule has 0 aliphatic carbocycles. The summed E-state index contributed by atoms with van der Waals surface area (Å²) in [4.78, 5) is 12.9. The molecule has 0 saturated carbocycles. The number of carbonyl (C=O) groups is 1. The fourth-order valence-corrected chi connectivity index (χ4v) is 2.74. The quantitative estimate of drug-likeness (QED) is 0.463. The second-order valence-corrected chi connectivity index (χ2v) is 5.84. The Labute approximate surface area is 148 Å². The molecule has 124 valence electrons. The van der Waals surface area contributed by atoms with Crippen LogP contribution in [0.1, 0.15) is 32.6 Å². The fraction of sp³-hybridized carbons (Fsp3) is 0.0870. The lowest BCUT2D eigenvalue weighted by Gasteiger charge is -2.09. The third-order valence-electron chi connectivity index (χ3n) is 4.16. The van der Waals surface area contributed by atoms with Crippen LogP contribution in [-0.4, -0.2) is 12.9 Å². The number of benzene rings is 3. The van der Waals surface area contributed by atoms with Crippen molar-refractivity contribution in [3.8, 4) is 5.75 Å². The Bertz CT molecular complexity index is 891. The van der Waals surface area contributed by atoms with Crippen LogP contribution in [0.3, 0.4) is 0 Å². The highest BCUT2D eigenvalue weighted by molar-refractivity contribution is 6.11. The molecule has 0 amide bonds. The van der Waals surface area contributed by atoms with E-state index in [1.807, 2.05) is 91.9 Å². The van der Waals surface area contributed by atoms with Gasteiger partial charge in [-0.3, -0.25) is 4.79 Å². The van der Waals surface area contributed by atoms with Crippen LogP contribution in [0.4, 0.5) is 0 Å². The smallest absolute Gasteiger partial charge is 0.193 e. The second kappa shape index (κ2) is 7.63. The SMILES string of the molecule is COc1ccc(C=Cc2c(C)cccc2C(=O)c2ccccc2)cc1. The first-order valence-corrected chi connectivity index (χ1v) is 8.20. The molecule has 0 spiro atoms. The molecule has 2 heteroatoms. The molecule has 0 radical (unpaired) electrons. The Morgan fingerprint density at radius 3 is 2.24 bits per heavy atom. The van der Waals surface area contributed by atoms with E-state index in [1.165, 1.54) is 0 Å². The minimum Gasteiger partial charge on any atom is -0.497 e. The molecule has 0 heterocycles. The maximum Gasteiger partial charge on any atom is 0.193 e. The number of ketones is 1. The van der Waals surface area contributed by atoms with Gasteiger partial charge in [-0.15, -0.1) is 0 Å². The maximum absolute atomic E-state index is 12.9. The molecule has 0 fully saturated rings. The van der Waals surface area contributed by atoms with Crippen molar-refractivity contribution in [3.63, 3.8) is 0 Å². The Balaban J connectivity index is 1.95. The largest absolute Gasteiger partial charge is 0.497 e. The van der Waals surface area contributed by atoms with Gasteiger partial charge in [0.1, 0.15) is 5.75 Å². The topological polar surface area (TPSA) is 26.3 Å². The molecular formula is C23H20O2. The Kier molecular flexibility index (Phi) is 5.10. The molecule has 0 unspecified atom stereocenters. The lowest BCUT2D eigenvalue weighted by atomic mass is 9.94. The molecule has 0 atom stereocenters. The molecule has 0 saturated heterocycles. The molecule has 2 nitrogen and oxygen atoms in total. The van der Waals surface area contributed by atoms with Crippen LogP contribution < -0.4 is 4.74 Å². The number of rotatable bonds is 5. The standard InChI is InChI=1S/C23H20O2/c1-17-7-6-10-22(23(24)19-8-4-3-5-9-19)21(17)16-13-18-11-14-20(25-2)15-12-18/h3-16H,1-2H3. The van der Waals surface area contributed by atoms with Crippen molar-refractivity contribution in [1.82, 2.24) is 0 Å². The zero-order valence-corrected chi connectivity index (χ0v) is 14.4. The van der Waals surface area contributed by atoms with Gasteiger partial charge in [0.05, 0.1) is 7.11 Å². The molecule has 25 heavy (non-hydrogen) atoms. The zero-order valence-electron chi connectivity index (χ0n) is 14.4. The average Bonchev–Trinajstić information content (AvgIpc) is 2.67. The summed E-state index contributed by atoms with van der Waals surface area (Å²) < 4.78 is 5.18. The van der Waals surface area contributed by atoms with Gasteiger partial charge < -0.3 is 4.74 Å². The molecule has 0 aliphatic rings. The predicted molar refractivity (Wildman–Crippen MR) is 103 cm³/mol. The Hall–Kier alpha value is -3.13. The highest BCUT2D eigenvalue weighted by Gasteiger charge is 2.13. The van der Waals surface area contributed by atoms with Crippen molar-refractivity contribution < 1.29 is 9.53 Å². The van der Waals surface area contributed by atoms with Crippen molar-refractivity contribution in [2.45, 2.75) is 6.92 Å². The van der Waals surface area contributed by atoms with Crippen molar-refractivity contribution >= 4 is 17.9 Å². The molecule has 0 bridgehead atoms. The van der Waals surface area contributed by atoms with Crippen molar-refractivity contribution in [1.29, 1.82) is 0 Å². The normalized spacial score (nSPS) is 10.8. The third-order valence-corrected chi connectivity index (χ3v) is 4.16. The zero-order chi connectivity index (χ0) is 17.6. The number of ether oxygens (including phenoxy) is 1. The van der Waals surface area contributed by atoms with E-state index in [0.29, 0.717) is 5.56 Å². The molecular weight excluding hydrogens is 308 g/mol. The van der Waals surface area contributed by atoms with Gasteiger partial charge in [-0.2, -0.15) is 0 Å². The summed E-state index contributed by atoms with van der Waals surface area (Å²) in [5.74, 6) is 0.867. The van der Waals surface area contributed by atoms with E-state index >= 15 is 0 Å². The van der Waals surface area contributed by atoms with E-state index in [-0.39, 0.29) is 5.78 Å². The van der Waals surface area contributed by atoms with Crippen molar-refractivity contribution in [2.24, 2.45) is 0 Å². The van der Waals surface area contributed by atoms with Gasteiger partial charge >= 0.3 is 0 Å². The molecule has 3 aromatic rings. The number of aryl methyl sites for hydroxylation is 1. The summed E-state index contributed by atoms with van der Waals surface area (Å²) in [6, 6.07) is 23.0.